The SMILES string of the molecule is CC1CCN(c2ccccc2)C1.F[B-](F)(F)F.N#[NH+]. The number of hydrogen-bond acceptors (Lipinski definition) is 2. The van der Waals surface area contributed by atoms with Gasteiger partial charge in [0.2, 0.25) is 5.39 Å². The highest BCUT2D eigenvalue weighted by atomic mass is 19.5. The number of hydrogen-bond donors (Lipinski definition) is 1. The van der Waals surface area contributed by atoms with E-state index in [0.29, 0.717) is 0 Å². The molecule has 1 fully saturated rings. The van der Waals surface area contributed by atoms with Gasteiger partial charge in [-0.2, -0.15) is 0 Å². The average molecular weight is 277 g/mol. The van der Waals surface area contributed by atoms with Crippen molar-refractivity contribution in [1.29, 1.82) is 5.39 Å². The largest absolute Gasteiger partial charge is 0.673 e. The molecule has 1 atom stereocenters. The van der Waals surface area contributed by atoms with E-state index in [1.165, 1.54) is 25.2 Å². The number of halogens is 4. The maximum Gasteiger partial charge on any atom is 0.673 e. The van der Waals surface area contributed by atoms with Crippen molar-refractivity contribution in [3.63, 3.8) is 0 Å². The lowest BCUT2D eigenvalue weighted by atomic mass is 10.2. The van der Waals surface area contributed by atoms with E-state index >= 15 is 0 Å². The van der Waals surface area contributed by atoms with Crippen molar-refractivity contribution in [3.05, 3.63) is 30.3 Å². The third-order valence-corrected chi connectivity index (χ3v) is 2.55. The molecular formula is C11H16BF4N3. The summed E-state index contributed by atoms with van der Waals surface area (Å²) >= 11 is 0. The summed E-state index contributed by atoms with van der Waals surface area (Å²) in [5.41, 5.74) is 1.38. The molecule has 1 unspecified atom stereocenters. The first-order valence-electron chi connectivity index (χ1n) is 5.76. The summed E-state index contributed by atoms with van der Waals surface area (Å²) in [6.45, 7) is 4.78. The molecule has 106 valence electrons. The van der Waals surface area contributed by atoms with Gasteiger partial charge in [-0.25, -0.2) is 0 Å². The van der Waals surface area contributed by atoms with Crippen LogP contribution in [0.25, 0.3) is 0 Å². The minimum atomic E-state index is -6.00. The Morgan fingerprint density at radius 1 is 1.16 bits per heavy atom. The molecule has 1 aliphatic rings. The van der Waals surface area contributed by atoms with Crippen LogP contribution in [0.5, 0.6) is 0 Å². The van der Waals surface area contributed by atoms with Gasteiger partial charge in [-0.1, -0.05) is 25.1 Å². The van der Waals surface area contributed by atoms with Crippen molar-refractivity contribution in [1.82, 2.24) is 0 Å². The first-order valence-corrected chi connectivity index (χ1v) is 5.76. The summed E-state index contributed by atoms with van der Waals surface area (Å²) in [7, 11) is -6.00. The summed E-state index contributed by atoms with van der Waals surface area (Å²) in [6.07, 6.45) is 1.34. The molecule has 1 aliphatic heterocycles. The first kappa shape index (κ1) is 17.2. The van der Waals surface area contributed by atoms with E-state index in [0.717, 1.165) is 5.92 Å². The van der Waals surface area contributed by atoms with Crippen LogP contribution in [-0.4, -0.2) is 20.3 Å². The van der Waals surface area contributed by atoms with Crippen LogP contribution in [0.2, 0.25) is 0 Å². The molecule has 8 heteroatoms. The van der Waals surface area contributed by atoms with E-state index < -0.39 is 7.25 Å². The lowest BCUT2D eigenvalue weighted by Gasteiger charge is -2.17. The van der Waals surface area contributed by atoms with Crippen LogP contribution in [0.4, 0.5) is 23.0 Å². The molecule has 0 aromatic heterocycles. The summed E-state index contributed by atoms with van der Waals surface area (Å²) in [5, 5.41) is 11.0. The Morgan fingerprint density at radius 3 is 2.00 bits per heavy atom. The van der Waals surface area contributed by atoms with Crippen LogP contribution in [-0.2, 0) is 0 Å². The second-order valence-electron chi connectivity index (χ2n) is 4.17. The van der Waals surface area contributed by atoms with Gasteiger partial charge in [-0.3, -0.25) is 0 Å². The first-order chi connectivity index (χ1) is 8.86. The summed E-state index contributed by atoms with van der Waals surface area (Å²) in [5.74, 6) is 0.866. The van der Waals surface area contributed by atoms with Crippen molar-refractivity contribution in [2.75, 3.05) is 18.0 Å². The molecule has 0 amide bonds. The molecule has 0 spiro atoms. The Labute approximate surface area is 109 Å². The second kappa shape index (κ2) is 8.35. The van der Waals surface area contributed by atoms with Gasteiger partial charge in [-0.15, -0.1) is 0 Å². The molecule has 1 aromatic carbocycles. The summed E-state index contributed by atoms with van der Waals surface area (Å²) in [6, 6.07) is 10.7. The number of rotatable bonds is 1. The number of nitrogens with one attached hydrogen (secondary N) is 1. The molecular weight excluding hydrogens is 261 g/mol. The maximum atomic E-state index is 9.75. The molecule has 0 bridgehead atoms. The molecule has 0 radical (unpaired) electrons. The Morgan fingerprint density at radius 2 is 1.63 bits per heavy atom. The highest BCUT2D eigenvalue weighted by molar-refractivity contribution is 6.50. The molecule has 1 N–H and O–H groups in total. The predicted octanol–water partition coefficient (Wildman–Crippen LogP) is 2.11. The van der Waals surface area contributed by atoms with Crippen molar-refractivity contribution in [3.8, 4) is 0 Å². The second-order valence-corrected chi connectivity index (χ2v) is 4.17. The van der Waals surface area contributed by atoms with Gasteiger partial charge in [0.25, 0.3) is 0 Å². The number of benzene rings is 1. The van der Waals surface area contributed by atoms with Crippen LogP contribution >= 0.6 is 0 Å². The third-order valence-electron chi connectivity index (χ3n) is 2.55. The number of nitrogens with zero attached hydrogens (tertiary/aromatic N) is 2. The van der Waals surface area contributed by atoms with Crippen LogP contribution in [0.3, 0.4) is 0 Å². The highest BCUT2D eigenvalue weighted by Gasteiger charge is 2.20. The molecule has 0 aliphatic carbocycles. The third kappa shape index (κ3) is 8.88. The van der Waals surface area contributed by atoms with Crippen molar-refractivity contribution >= 4 is 12.9 Å². The molecule has 1 saturated heterocycles. The van der Waals surface area contributed by atoms with Gasteiger partial charge in [0.05, 0.1) is 5.39 Å². The lowest BCUT2D eigenvalue weighted by Crippen LogP contribution is -2.18. The Hall–Kier alpha value is -1.78. The Bertz CT molecular complexity index is 363. The monoisotopic (exact) mass is 277 g/mol. The molecule has 1 heterocycles. The number of anilines is 1. The zero-order valence-electron chi connectivity index (χ0n) is 10.6. The molecule has 2 rings (SSSR count). The van der Waals surface area contributed by atoms with Gasteiger partial charge in [0.15, 0.2) is 0 Å². The van der Waals surface area contributed by atoms with Crippen LogP contribution in [0.15, 0.2) is 30.3 Å². The zero-order valence-corrected chi connectivity index (χ0v) is 10.6. The summed E-state index contributed by atoms with van der Waals surface area (Å²) in [4.78, 5) is 2.46. The minimum absolute atomic E-state index is 0.866. The Balaban J connectivity index is 0.000000396. The van der Waals surface area contributed by atoms with E-state index in [1.54, 1.807) is 0 Å². The fourth-order valence-electron chi connectivity index (χ4n) is 1.81. The molecule has 3 nitrogen and oxygen atoms in total. The minimum Gasteiger partial charge on any atom is -0.418 e. The van der Waals surface area contributed by atoms with E-state index in [4.69, 9.17) is 10.8 Å². The van der Waals surface area contributed by atoms with E-state index in [1.807, 2.05) is 0 Å². The predicted molar refractivity (Wildman–Crippen MR) is 65.3 cm³/mol. The number of diazo groups is 1. The van der Waals surface area contributed by atoms with Gasteiger partial charge in [0, 0.05) is 18.8 Å². The summed E-state index contributed by atoms with van der Waals surface area (Å²) < 4.78 is 39.0. The quantitative estimate of drug-likeness (QED) is 0.485. The van der Waals surface area contributed by atoms with Crippen molar-refractivity contribution in [2.24, 2.45) is 5.92 Å². The van der Waals surface area contributed by atoms with Crippen molar-refractivity contribution in [2.45, 2.75) is 13.3 Å². The molecule has 19 heavy (non-hydrogen) atoms. The standard InChI is InChI=1S/C11H15N.BF4.N2/c1-10-7-8-12(9-10)11-5-3-2-4-6-11;2-1(3,4)5;1-2/h2-6,10H,7-9H2,1H3;;/q;-1;/p+1. The van der Waals surface area contributed by atoms with Gasteiger partial charge >= 0.3 is 7.25 Å². The lowest BCUT2D eigenvalue weighted by molar-refractivity contribution is -0.175. The Kier molecular flexibility index (Phi) is 7.57. The van der Waals surface area contributed by atoms with Gasteiger partial charge in [0.1, 0.15) is 0 Å². The highest BCUT2D eigenvalue weighted by Crippen LogP contribution is 2.22. The van der Waals surface area contributed by atoms with E-state index in [2.05, 4.69) is 42.2 Å². The maximum absolute atomic E-state index is 9.75. The fraction of sp³-hybridized carbons (Fsp3) is 0.455. The van der Waals surface area contributed by atoms with E-state index in [-0.39, 0.29) is 0 Å². The average Bonchev–Trinajstić information content (AvgIpc) is 2.78. The van der Waals surface area contributed by atoms with Crippen molar-refractivity contribution < 1.29 is 22.7 Å². The number of para-hydroxylation sites is 1. The van der Waals surface area contributed by atoms with Crippen LogP contribution < -0.4 is 10.3 Å². The topological polar surface area (TPSA) is 50.8 Å². The molecule has 0 saturated carbocycles. The molecule has 1 aromatic rings. The van der Waals surface area contributed by atoms with Crippen LogP contribution in [0, 0.1) is 11.3 Å². The van der Waals surface area contributed by atoms with Gasteiger partial charge < -0.3 is 22.2 Å². The van der Waals surface area contributed by atoms with Gasteiger partial charge in [-0.05, 0) is 24.5 Å². The fourth-order valence-corrected chi connectivity index (χ4v) is 1.81. The van der Waals surface area contributed by atoms with Crippen LogP contribution in [0.1, 0.15) is 13.3 Å². The smallest absolute Gasteiger partial charge is 0.418 e. The normalized spacial score (nSPS) is 17.8. The van der Waals surface area contributed by atoms with E-state index in [9.17, 15) is 17.3 Å². The zero-order chi connectivity index (χ0) is 14.9.